The molecule has 0 radical (unpaired) electrons. The fourth-order valence-corrected chi connectivity index (χ4v) is 1.91. The Morgan fingerprint density at radius 3 is 2.47 bits per heavy atom. The Hall–Kier alpha value is -1.85. The van der Waals surface area contributed by atoms with Crippen molar-refractivity contribution in [1.29, 1.82) is 0 Å². The first-order valence-electron chi connectivity index (χ1n) is 5.09. The average Bonchev–Trinajstić information content (AvgIpc) is 2.13. The van der Waals surface area contributed by atoms with Crippen LogP contribution in [0, 0.1) is 21.4 Å². The minimum Gasteiger partial charge on any atom is -0.297 e. The van der Waals surface area contributed by atoms with Crippen molar-refractivity contribution in [2.24, 2.45) is 11.3 Å². The molecule has 0 fully saturated rings. The number of carbonyl (C=O) groups excluding carboxylic acids is 3. The summed E-state index contributed by atoms with van der Waals surface area (Å²) in [7, 11) is 0. The molecule has 0 aromatic carbocycles. The molecule has 0 aromatic rings. The molecular weight excluding hydrogens is 226 g/mol. The van der Waals surface area contributed by atoms with Crippen LogP contribution in [-0.2, 0) is 14.4 Å². The molecule has 0 bridgehead atoms. The molecule has 0 saturated carbocycles. The first-order valence-corrected chi connectivity index (χ1v) is 5.09. The Balaban J connectivity index is 3.12. The van der Waals surface area contributed by atoms with Crippen LogP contribution in [0.2, 0.25) is 0 Å². The summed E-state index contributed by atoms with van der Waals surface area (Å²) in [6.45, 7) is 3.67. The molecule has 0 spiro atoms. The van der Waals surface area contributed by atoms with Gasteiger partial charge in [0.05, 0.1) is 0 Å². The lowest BCUT2D eigenvalue weighted by molar-refractivity contribution is -0.467. The van der Waals surface area contributed by atoms with Crippen LogP contribution in [0.3, 0.4) is 0 Å². The van der Waals surface area contributed by atoms with E-state index in [1.807, 2.05) is 0 Å². The molecule has 6 nitrogen and oxygen atoms in total. The van der Waals surface area contributed by atoms with Gasteiger partial charge < -0.3 is 0 Å². The van der Waals surface area contributed by atoms with Gasteiger partial charge in [-0.05, 0) is 26.3 Å². The van der Waals surface area contributed by atoms with Crippen LogP contribution in [0.5, 0.6) is 0 Å². The highest BCUT2D eigenvalue weighted by molar-refractivity contribution is 6.27. The largest absolute Gasteiger partial charge is 0.297 e. The van der Waals surface area contributed by atoms with Crippen molar-refractivity contribution in [3.05, 3.63) is 21.8 Å². The van der Waals surface area contributed by atoms with Crippen LogP contribution in [0.25, 0.3) is 0 Å². The van der Waals surface area contributed by atoms with Gasteiger partial charge in [0, 0.05) is 10.3 Å². The summed E-state index contributed by atoms with van der Waals surface area (Å²) < 4.78 is 0. The van der Waals surface area contributed by atoms with Crippen LogP contribution in [0.15, 0.2) is 11.6 Å². The fraction of sp³-hybridized carbons (Fsp3) is 0.545. The second-order valence-electron chi connectivity index (χ2n) is 4.67. The van der Waals surface area contributed by atoms with Gasteiger partial charge in [-0.25, -0.2) is 0 Å². The lowest BCUT2D eigenvalue weighted by Crippen LogP contribution is -2.45. The Morgan fingerprint density at radius 1 is 1.47 bits per heavy atom. The van der Waals surface area contributed by atoms with E-state index in [0.717, 1.165) is 0 Å². The van der Waals surface area contributed by atoms with Crippen molar-refractivity contribution in [3.8, 4) is 0 Å². The van der Waals surface area contributed by atoms with Crippen molar-refractivity contribution in [2.75, 3.05) is 6.54 Å². The number of hydrogen-bond donors (Lipinski definition) is 0. The summed E-state index contributed by atoms with van der Waals surface area (Å²) in [5, 5.41) is 10.3. The maximum Gasteiger partial charge on any atom is 0.262 e. The third-order valence-corrected chi connectivity index (χ3v) is 2.73. The maximum absolute atomic E-state index is 11.9. The molecule has 0 N–H and O–H groups in total. The zero-order valence-corrected chi connectivity index (χ0v) is 9.85. The Kier molecular flexibility index (Phi) is 3.26. The number of nitrogens with zero attached hydrogens (tertiary/aromatic N) is 1. The minimum atomic E-state index is -1.51. The van der Waals surface area contributed by atoms with Gasteiger partial charge in [-0.1, -0.05) is 6.08 Å². The molecular formula is C11H13NO5. The summed E-state index contributed by atoms with van der Waals surface area (Å²) in [6.07, 6.45) is 1.49. The quantitative estimate of drug-likeness (QED) is 0.407. The van der Waals surface area contributed by atoms with E-state index in [1.165, 1.54) is 13.0 Å². The molecule has 6 heteroatoms. The Morgan fingerprint density at radius 2 is 2.00 bits per heavy atom. The highest BCUT2D eigenvalue weighted by Gasteiger charge is 2.46. The lowest BCUT2D eigenvalue weighted by atomic mass is 9.71. The third kappa shape index (κ3) is 2.46. The number of carbonyl (C=O) groups is 3. The highest BCUT2D eigenvalue weighted by Crippen LogP contribution is 2.32. The Labute approximate surface area is 97.8 Å². The monoisotopic (exact) mass is 239 g/mol. The topological polar surface area (TPSA) is 94.3 Å². The number of allylic oxidation sites excluding steroid dienone is 2. The molecule has 1 unspecified atom stereocenters. The average molecular weight is 239 g/mol. The van der Waals surface area contributed by atoms with Crippen LogP contribution in [0.4, 0.5) is 0 Å². The van der Waals surface area contributed by atoms with Gasteiger partial charge >= 0.3 is 0 Å². The predicted octanol–water partition coefficient (Wildman–Crippen LogP) is 0.573. The van der Waals surface area contributed by atoms with Crippen molar-refractivity contribution in [2.45, 2.75) is 20.8 Å². The number of rotatable bonds is 3. The van der Waals surface area contributed by atoms with E-state index in [0.29, 0.717) is 5.57 Å². The molecule has 0 aromatic heterocycles. The summed E-state index contributed by atoms with van der Waals surface area (Å²) in [4.78, 5) is 44.6. The number of ketones is 3. The van der Waals surface area contributed by atoms with Gasteiger partial charge in [0.2, 0.25) is 5.78 Å². The van der Waals surface area contributed by atoms with Gasteiger partial charge in [-0.3, -0.25) is 24.5 Å². The van der Waals surface area contributed by atoms with Gasteiger partial charge in [0.15, 0.2) is 11.6 Å². The fourth-order valence-electron chi connectivity index (χ4n) is 1.91. The molecule has 0 amide bonds. The second-order valence-corrected chi connectivity index (χ2v) is 4.67. The third-order valence-electron chi connectivity index (χ3n) is 2.73. The Bertz CT molecular complexity index is 447. The summed E-state index contributed by atoms with van der Waals surface area (Å²) in [6, 6.07) is 0. The zero-order chi connectivity index (χ0) is 13.4. The second kappa shape index (κ2) is 4.20. The maximum atomic E-state index is 11.9. The van der Waals surface area contributed by atoms with Crippen molar-refractivity contribution >= 4 is 17.3 Å². The van der Waals surface area contributed by atoms with Crippen LogP contribution in [-0.4, -0.2) is 28.8 Å². The van der Waals surface area contributed by atoms with Gasteiger partial charge in [-0.2, -0.15) is 0 Å². The summed E-state index contributed by atoms with van der Waals surface area (Å²) in [5.41, 5.74) is -0.633. The van der Waals surface area contributed by atoms with Gasteiger partial charge in [0.25, 0.3) is 6.54 Å². The molecule has 1 rings (SSSR count). The van der Waals surface area contributed by atoms with Crippen molar-refractivity contribution in [1.82, 2.24) is 0 Å². The zero-order valence-electron chi connectivity index (χ0n) is 9.85. The minimum absolute atomic E-state index is 0.302. The SMILES string of the molecule is CC1=CC(C)(C)C(=O)C(C(=O)C[N+](=O)[O-])C1=O. The van der Waals surface area contributed by atoms with Crippen LogP contribution >= 0.6 is 0 Å². The molecule has 0 saturated heterocycles. The van der Waals surface area contributed by atoms with E-state index in [2.05, 4.69) is 0 Å². The first kappa shape index (κ1) is 13.2. The van der Waals surface area contributed by atoms with E-state index < -0.39 is 40.2 Å². The molecule has 92 valence electrons. The van der Waals surface area contributed by atoms with Crippen LogP contribution < -0.4 is 0 Å². The lowest BCUT2D eigenvalue weighted by Gasteiger charge is -2.28. The van der Waals surface area contributed by atoms with Crippen molar-refractivity contribution in [3.63, 3.8) is 0 Å². The summed E-state index contributed by atoms with van der Waals surface area (Å²) in [5.74, 6) is -3.65. The first-order chi connectivity index (χ1) is 7.66. The van der Waals surface area contributed by atoms with E-state index in [1.54, 1.807) is 13.8 Å². The standard InChI is InChI=1S/C11H13NO5/c1-6-4-11(2,3)10(15)8(9(6)14)7(13)5-12(16)17/h4,8H,5H2,1-3H3. The molecule has 0 heterocycles. The number of nitro groups is 1. The smallest absolute Gasteiger partial charge is 0.262 e. The summed E-state index contributed by atoms with van der Waals surface area (Å²) >= 11 is 0. The van der Waals surface area contributed by atoms with Crippen LogP contribution in [0.1, 0.15) is 20.8 Å². The predicted molar refractivity (Wildman–Crippen MR) is 57.9 cm³/mol. The van der Waals surface area contributed by atoms with E-state index in [4.69, 9.17) is 0 Å². The molecule has 17 heavy (non-hydrogen) atoms. The normalized spacial score (nSPS) is 23.2. The van der Waals surface area contributed by atoms with Gasteiger partial charge in [0.1, 0.15) is 5.92 Å². The highest BCUT2D eigenvalue weighted by atomic mass is 16.6. The molecule has 1 aliphatic carbocycles. The van der Waals surface area contributed by atoms with E-state index in [-0.39, 0.29) is 0 Å². The van der Waals surface area contributed by atoms with E-state index in [9.17, 15) is 24.5 Å². The molecule has 1 atom stereocenters. The van der Waals surface area contributed by atoms with Gasteiger partial charge in [-0.15, -0.1) is 0 Å². The molecule has 0 aliphatic heterocycles. The molecule has 1 aliphatic rings. The van der Waals surface area contributed by atoms with Crippen molar-refractivity contribution < 1.29 is 19.3 Å². The number of Topliss-reactive ketones (excluding diaryl/α,β-unsaturated/α-hetero) is 3. The number of hydrogen-bond acceptors (Lipinski definition) is 5. The van der Waals surface area contributed by atoms with E-state index >= 15 is 0 Å².